The van der Waals surface area contributed by atoms with Gasteiger partial charge in [0.1, 0.15) is 17.9 Å². The third-order valence-corrected chi connectivity index (χ3v) is 6.59. The Hall–Kier alpha value is -4.00. The third kappa shape index (κ3) is 4.94. The van der Waals surface area contributed by atoms with Gasteiger partial charge in [-0.1, -0.05) is 48.0 Å². The van der Waals surface area contributed by atoms with Crippen molar-refractivity contribution in [2.24, 2.45) is 4.99 Å². The molecule has 0 radical (unpaired) electrons. The van der Waals surface area contributed by atoms with Crippen LogP contribution in [-0.4, -0.2) is 40.5 Å². The second kappa shape index (κ2) is 9.70. The minimum Gasteiger partial charge on any atom is -0.350 e. The average molecular weight is 471 g/mol. The zero-order valence-corrected chi connectivity index (χ0v) is 20.5. The number of rotatable bonds is 6. The van der Waals surface area contributed by atoms with E-state index in [-0.39, 0.29) is 30.7 Å². The Labute approximate surface area is 205 Å². The minimum atomic E-state index is -1.22. The first-order valence-corrected chi connectivity index (χ1v) is 11.7. The summed E-state index contributed by atoms with van der Waals surface area (Å²) in [7, 11) is 0. The Bertz CT molecular complexity index is 1260. The van der Waals surface area contributed by atoms with E-state index < -0.39 is 5.54 Å². The molecule has 0 saturated heterocycles. The molecule has 7 nitrogen and oxygen atoms in total. The molecule has 7 heteroatoms. The Morgan fingerprint density at radius 3 is 2.57 bits per heavy atom. The van der Waals surface area contributed by atoms with Crippen molar-refractivity contribution < 1.29 is 14.4 Å². The number of hydrogen-bond acceptors (Lipinski definition) is 4. The average Bonchev–Trinajstić information content (AvgIpc) is 2.83. The van der Waals surface area contributed by atoms with Crippen LogP contribution in [0, 0.1) is 20.8 Å². The van der Waals surface area contributed by atoms with Crippen LogP contribution < -0.4 is 10.2 Å². The standard InChI is InChI=1S/C28H30N4O3/c1-19-11-13-22(14-12-19)17-29-26(34)18-31(23-9-7-8-20(2)21(23)3)27(35)28(4)16-25(33)30-24-10-5-6-15-32(24)28/h5-15H,16-18H2,1-4H3,(H,29,34)/t28-/m1/s1. The second-order valence-corrected chi connectivity index (χ2v) is 9.26. The SMILES string of the molecule is Cc1ccc(CNC(=O)CN(C(=O)[C@@]2(C)CC(=O)N=C3C=CC=CN32)c2cccc(C)c2C)cc1. The van der Waals surface area contributed by atoms with Crippen LogP contribution in [0.3, 0.4) is 0 Å². The Morgan fingerprint density at radius 1 is 1.09 bits per heavy atom. The molecule has 180 valence electrons. The maximum atomic E-state index is 14.2. The summed E-state index contributed by atoms with van der Waals surface area (Å²) in [4.78, 5) is 47.0. The van der Waals surface area contributed by atoms with Gasteiger partial charge in [0.15, 0.2) is 0 Å². The van der Waals surface area contributed by atoms with E-state index >= 15 is 0 Å². The lowest BCUT2D eigenvalue weighted by Gasteiger charge is -2.44. The van der Waals surface area contributed by atoms with Crippen molar-refractivity contribution in [3.05, 3.63) is 89.1 Å². The molecule has 2 heterocycles. The van der Waals surface area contributed by atoms with Crippen molar-refractivity contribution in [1.82, 2.24) is 10.2 Å². The van der Waals surface area contributed by atoms with Crippen molar-refractivity contribution in [2.45, 2.75) is 46.2 Å². The van der Waals surface area contributed by atoms with E-state index in [0.717, 1.165) is 22.3 Å². The number of aryl methyl sites for hydroxylation is 2. The molecular weight excluding hydrogens is 440 g/mol. The van der Waals surface area contributed by atoms with Crippen LogP contribution in [0.4, 0.5) is 5.69 Å². The molecular formula is C28H30N4O3. The number of amides is 3. The molecule has 0 bridgehead atoms. The molecule has 2 aliphatic heterocycles. The maximum absolute atomic E-state index is 14.2. The number of carbonyl (C=O) groups is 3. The number of carbonyl (C=O) groups excluding carboxylic acids is 3. The highest BCUT2D eigenvalue weighted by atomic mass is 16.2. The van der Waals surface area contributed by atoms with Gasteiger partial charge in [0, 0.05) is 18.4 Å². The van der Waals surface area contributed by atoms with Gasteiger partial charge in [-0.15, -0.1) is 0 Å². The van der Waals surface area contributed by atoms with Crippen LogP contribution in [0.1, 0.15) is 35.6 Å². The molecule has 3 amide bonds. The number of benzene rings is 2. The number of nitrogens with one attached hydrogen (secondary N) is 1. The summed E-state index contributed by atoms with van der Waals surface area (Å²) >= 11 is 0. The quantitative estimate of drug-likeness (QED) is 0.698. The summed E-state index contributed by atoms with van der Waals surface area (Å²) < 4.78 is 0. The molecule has 0 spiro atoms. The number of amidine groups is 1. The van der Waals surface area contributed by atoms with E-state index in [9.17, 15) is 14.4 Å². The number of aliphatic imine (C=N–C) groups is 1. The summed E-state index contributed by atoms with van der Waals surface area (Å²) in [5, 5.41) is 2.93. The molecule has 0 fully saturated rings. The molecule has 35 heavy (non-hydrogen) atoms. The van der Waals surface area contributed by atoms with Gasteiger partial charge in [0.25, 0.3) is 11.8 Å². The summed E-state index contributed by atoms with van der Waals surface area (Å²) in [6.07, 6.45) is 6.96. The van der Waals surface area contributed by atoms with Gasteiger partial charge in [0.05, 0.1) is 6.42 Å². The van der Waals surface area contributed by atoms with Gasteiger partial charge in [-0.25, -0.2) is 0 Å². The molecule has 4 rings (SSSR count). The van der Waals surface area contributed by atoms with Crippen LogP contribution in [0.2, 0.25) is 0 Å². The topological polar surface area (TPSA) is 82.1 Å². The highest BCUT2D eigenvalue weighted by Crippen LogP contribution is 2.33. The molecule has 2 aromatic carbocycles. The van der Waals surface area contributed by atoms with Crippen LogP contribution in [0.25, 0.3) is 0 Å². The highest BCUT2D eigenvalue weighted by Gasteiger charge is 2.48. The fourth-order valence-corrected chi connectivity index (χ4v) is 4.36. The zero-order chi connectivity index (χ0) is 25.2. The zero-order valence-electron chi connectivity index (χ0n) is 20.5. The fourth-order valence-electron chi connectivity index (χ4n) is 4.36. The van der Waals surface area contributed by atoms with Crippen molar-refractivity contribution >= 4 is 29.2 Å². The molecule has 2 aromatic rings. The molecule has 1 atom stereocenters. The van der Waals surface area contributed by atoms with Gasteiger partial charge in [0.2, 0.25) is 5.91 Å². The van der Waals surface area contributed by atoms with Gasteiger partial charge in [-0.05, 0) is 62.6 Å². The van der Waals surface area contributed by atoms with Crippen molar-refractivity contribution in [3.63, 3.8) is 0 Å². The normalized spacial score (nSPS) is 18.7. The molecule has 0 unspecified atom stereocenters. The number of fused-ring (bicyclic) bond motifs is 1. The van der Waals surface area contributed by atoms with Gasteiger partial charge < -0.3 is 15.1 Å². The third-order valence-electron chi connectivity index (χ3n) is 6.59. The van der Waals surface area contributed by atoms with Crippen LogP contribution >= 0.6 is 0 Å². The monoisotopic (exact) mass is 470 g/mol. The Balaban J connectivity index is 1.64. The summed E-state index contributed by atoms with van der Waals surface area (Å²) in [6, 6.07) is 13.6. The first-order chi connectivity index (χ1) is 16.7. The molecule has 2 aliphatic rings. The smallest absolute Gasteiger partial charge is 0.254 e. The van der Waals surface area contributed by atoms with Gasteiger partial charge in [-0.2, -0.15) is 4.99 Å². The van der Waals surface area contributed by atoms with Crippen LogP contribution in [0.15, 0.2) is 71.9 Å². The molecule has 1 N–H and O–H groups in total. The van der Waals surface area contributed by atoms with E-state index in [1.165, 1.54) is 4.90 Å². The number of allylic oxidation sites excluding steroid dienone is 2. The van der Waals surface area contributed by atoms with Gasteiger partial charge >= 0.3 is 0 Å². The lowest BCUT2D eigenvalue weighted by Crippen LogP contribution is -2.62. The largest absolute Gasteiger partial charge is 0.350 e. The lowest BCUT2D eigenvalue weighted by molar-refractivity contribution is -0.133. The van der Waals surface area contributed by atoms with E-state index in [1.54, 1.807) is 36.3 Å². The fraction of sp³-hybridized carbons (Fsp3) is 0.286. The van der Waals surface area contributed by atoms with Crippen molar-refractivity contribution in [1.29, 1.82) is 0 Å². The van der Waals surface area contributed by atoms with E-state index in [2.05, 4.69) is 10.3 Å². The predicted octanol–water partition coefficient (Wildman–Crippen LogP) is 3.73. The number of hydrogen-bond donors (Lipinski definition) is 1. The first kappa shape index (κ1) is 24.1. The molecule has 0 aliphatic carbocycles. The van der Waals surface area contributed by atoms with Crippen molar-refractivity contribution in [2.75, 3.05) is 11.4 Å². The first-order valence-electron chi connectivity index (χ1n) is 11.7. The Kier molecular flexibility index (Phi) is 6.69. The van der Waals surface area contributed by atoms with E-state index in [0.29, 0.717) is 18.1 Å². The Morgan fingerprint density at radius 2 is 1.83 bits per heavy atom. The highest BCUT2D eigenvalue weighted by molar-refractivity contribution is 6.13. The van der Waals surface area contributed by atoms with Gasteiger partial charge in [-0.3, -0.25) is 14.4 Å². The van der Waals surface area contributed by atoms with E-state index in [4.69, 9.17) is 0 Å². The minimum absolute atomic E-state index is 0.0835. The van der Waals surface area contributed by atoms with Crippen LogP contribution in [-0.2, 0) is 20.9 Å². The summed E-state index contributed by atoms with van der Waals surface area (Å²) in [5.74, 6) is -0.563. The lowest BCUT2D eigenvalue weighted by atomic mass is 9.90. The van der Waals surface area contributed by atoms with E-state index in [1.807, 2.05) is 63.2 Å². The maximum Gasteiger partial charge on any atom is 0.254 e. The van der Waals surface area contributed by atoms with Crippen LogP contribution in [0.5, 0.6) is 0 Å². The predicted molar refractivity (Wildman–Crippen MR) is 137 cm³/mol. The number of nitrogens with zero attached hydrogens (tertiary/aromatic N) is 3. The second-order valence-electron chi connectivity index (χ2n) is 9.26. The summed E-state index contributed by atoms with van der Waals surface area (Å²) in [5.41, 5.74) is 3.46. The summed E-state index contributed by atoms with van der Waals surface area (Å²) in [6.45, 7) is 7.83. The number of anilines is 1. The molecule has 0 saturated carbocycles. The van der Waals surface area contributed by atoms with Crippen molar-refractivity contribution in [3.8, 4) is 0 Å². The molecule has 0 aromatic heterocycles.